The van der Waals surface area contributed by atoms with Crippen molar-refractivity contribution in [1.29, 1.82) is 0 Å². The van der Waals surface area contributed by atoms with E-state index >= 15 is 0 Å². The molecule has 2 aliphatic rings. The molecule has 0 aromatic rings. The molecule has 19 heavy (non-hydrogen) atoms. The third kappa shape index (κ3) is 4.11. The normalized spacial score (nSPS) is 22.3. The highest BCUT2D eigenvalue weighted by Crippen LogP contribution is 2.15. The summed E-state index contributed by atoms with van der Waals surface area (Å²) >= 11 is 1.57. The van der Waals surface area contributed by atoms with Gasteiger partial charge in [0, 0.05) is 25.2 Å². The summed E-state index contributed by atoms with van der Waals surface area (Å²) in [5.41, 5.74) is 0. The van der Waals surface area contributed by atoms with E-state index in [-0.39, 0.29) is 24.4 Å². The average molecular weight is 285 g/mol. The van der Waals surface area contributed by atoms with Gasteiger partial charge in [-0.1, -0.05) is 0 Å². The lowest BCUT2D eigenvalue weighted by Gasteiger charge is -2.35. The predicted octanol–water partition coefficient (Wildman–Crippen LogP) is 0.508. The maximum Gasteiger partial charge on any atom is 0.239 e. The lowest BCUT2D eigenvalue weighted by Crippen LogP contribution is -2.49. The van der Waals surface area contributed by atoms with Gasteiger partial charge in [-0.15, -0.1) is 11.8 Å². The number of nitrogens with one attached hydrogen (secondary N) is 1. The molecule has 0 radical (unpaired) electrons. The maximum atomic E-state index is 11.9. The molecule has 1 N–H and O–H groups in total. The van der Waals surface area contributed by atoms with E-state index in [0.717, 1.165) is 25.9 Å². The van der Waals surface area contributed by atoms with Crippen molar-refractivity contribution >= 4 is 23.6 Å². The number of rotatable bonds is 4. The fourth-order valence-electron chi connectivity index (χ4n) is 2.55. The lowest BCUT2D eigenvalue weighted by atomic mass is 10.0. The Morgan fingerprint density at radius 2 is 2.11 bits per heavy atom. The first-order chi connectivity index (χ1) is 9.06. The van der Waals surface area contributed by atoms with E-state index in [2.05, 4.69) is 24.1 Å². The molecule has 0 aliphatic carbocycles. The van der Waals surface area contributed by atoms with E-state index in [1.165, 1.54) is 0 Å². The third-order valence-corrected chi connectivity index (χ3v) is 4.73. The summed E-state index contributed by atoms with van der Waals surface area (Å²) in [4.78, 5) is 27.4. The molecule has 0 saturated carbocycles. The Bertz CT molecular complexity index is 341. The van der Waals surface area contributed by atoms with Crippen molar-refractivity contribution in [3.8, 4) is 0 Å². The van der Waals surface area contributed by atoms with Gasteiger partial charge in [-0.25, -0.2) is 0 Å². The van der Waals surface area contributed by atoms with Crippen LogP contribution in [0, 0.1) is 0 Å². The summed E-state index contributed by atoms with van der Waals surface area (Å²) in [6.45, 7) is 6.71. The van der Waals surface area contributed by atoms with Crippen LogP contribution in [0.25, 0.3) is 0 Å². The summed E-state index contributed by atoms with van der Waals surface area (Å²) in [6.07, 6.45) is 2.01. The fourth-order valence-corrected chi connectivity index (χ4v) is 3.45. The van der Waals surface area contributed by atoms with Crippen molar-refractivity contribution in [2.75, 3.05) is 31.3 Å². The van der Waals surface area contributed by atoms with Crippen LogP contribution in [0.5, 0.6) is 0 Å². The van der Waals surface area contributed by atoms with Gasteiger partial charge in [-0.05, 0) is 26.7 Å². The van der Waals surface area contributed by atoms with Gasteiger partial charge < -0.3 is 15.1 Å². The van der Waals surface area contributed by atoms with Crippen molar-refractivity contribution in [2.24, 2.45) is 0 Å². The van der Waals surface area contributed by atoms with E-state index in [4.69, 9.17) is 0 Å². The van der Waals surface area contributed by atoms with E-state index < -0.39 is 0 Å². The van der Waals surface area contributed by atoms with Gasteiger partial charge in [-0.2, -0.15) is 0 Å². The summed E-state index contributed by atoms with van der Waals surface area (Å²) in [7, 11) is 0. The Morgan fingerprint density at radius 1 is 1.42 bits per heavy atom. The van der Waals surface area contributed by atoms with Gasteiger partial charge in [0.1, 0.15) is 6.54 Å². The van der Waals surface area contributed by atoms with Crippen LogP contribution in [0.4, 0.5) is 0 Å². The van der Waals surface area contributed by atoms with Gasteiger partial charge >= 0.3 is 0 Å². The zero-order valence-electron chi connectivity index (χ0n) is 11.7. The number of hydrogen-bond donors (Lipinski definition) is 1. The largest absolute Gasteiger partial charge is 0.352 e. The molecule has 2 aliphatic heterocycles. The molecule has 2 rings (SSSR count). The standard InChI is InChI=1S/C13H23N3O2S/c1-10(2)15-5-3-11(4-6-15)14-12(17)7-16-9-19-8-13(16)18/h10-11H,3-9H2,1-2H3,(H,14,17). The Morgan fingerprint density at radius 3 is 2.63 bits per heavy atom. The smallest absolute Gasteiger partial charge is 0.239 e. The number of thioether (sulfide) groups is 1. The molecule has 2 amide bonds. The molecule has 0 unspecified atom stereocenters. The lowest BCUT2D eigenvalue weighted by molar-refractivity contribution is -0.132. The number of likely N-dealkylation sites (tertiary alicyclic amines) is 1. The second kappa shape index (κ2) is 6.61. The average Bonchev–Trinajstić information content (AvgIpc) is 2.75. The molecule has 2 fully saturated rings. The molecular formula is C13H23N3O2S. The van der Waals surface area contributed by atoms with Gasteiger partial charge in [0.15, 0.2) is 0 Å². The van der Waals surface area contributed by atoms with Crippen molar-refractivity contribution in [3.05, 3.63) is 0 Å². The zero-order valence-corrected chi connectivity index (χ0v) is 12.5. The van der Waals surface area contributed by atoms with Crippen LogP contribution in [0.2, 0.25) is 0 Å². The van der Waals surface area contributed by atoms with Crippen LogP contribution < -0.4 is 5.32 Å². The van der Waals surface area contributed by atoms with Gasteiger partial charge in [0.25, 0.3) is 0 Å². The summed E-state index contributed by atoms with van der Waals surface area (Å²) in [6, 6.07) is 0.851. The van der Waals surface area contributed by atoms with Crippen LogP contribution in [0.1, 0.15) is 26.7 Å². The fraction of sp³-hybridized carbons (Fsp3) is 0.846. The van der Waals surface area contributed by atoms with E-state index in [1.807, 2.05) is 0 Å². The number of nitrogens with zero attached hydrogens (tertiary/aromatic N) is 2. The quantitative estimate of drug-likeness (QED) is 0.818. The minimum Gasteiger partial charge on any atom is -0.352 e. The second-order valence-corrected chi connectivity index (χ2v) is 6.50. The molecular weight excluding hydrogens is 262 g/mol. The number of amides is 2. The van der Waals surface area contributed by atoms with Crippen molar-refractivity contribution in [2.45, 2.75) is 38.8 Å². The minimum atomic E-state index is -0.0150. The first-order valence-electron chi connectivity index (χ1n) is 6.95. The first kappa shape index (κ1) is 14.7. The predicted molar refractivity (Wildman–Crippen MR) is 76.9 cm³/mol. The van der Waals surface area contributed by atoms with E-state index in [0.29, 0.717) is 17.7 Å². The third-order valence-electron chi connectivity index (χ3n) is 3.78. The van der Waals surface area contributed by atoms with E-state index in [9.17, 15) is 9.59 Å². The molecule has 5 nitrogen and oxygen atoms in total. The molecule has 0 atom stereocenters. The molecule has 0 aromatic heterocycles. The van der Waals surface area contributed by atoms with Crippen molar-refractivity contribution in [1.82, 2.24) is 15.1 Å². The minimum absolute atomic E-state index is 0.0150. The highest BCUT2D eigenvalue weighted by molar-refractivity contribution is 8.00. The number of carbonyl (C=O) groups is 2. The Balaban J connectivity index is 1.70. The molecule has 2 heterocycles. The van der Waals surface area contributed by atoms with Crippen LogP contribution in [0.3, 0.4) is 0 Å². The van der Waals surface area contributed by atoms with Crippen LogP contribution in [-0.2, 0) is 9.59 Å². The molecule has 0 aromatic carbocycles. The maximum absolute atomic E-state index is 11.9. The summed E-state index contributed by atoms with van der Waals surface area (Å²) in [5.74, 6) is 1.23. The highest BCUT2D eigenvalue weighted by Gasteiger charge is 2.25. The van der Waals surface area contributed by atoms with Gasteiger partial charge in [0.2, 0.25) is 11.8 Å². The monoisotopic (exact) mass is 285 g/mol. The zero-order chi connectivity index (χ0) is 13.8. The van der Waals surface area contributed by atoms with Crippen LogP contribution in [0.15, 0.2) is 0 Å². The molecule has 0 bridgehead atoms. The first-order valence-corrected chi connectivity index (χ1v) is 8.10. The number of hydrogen-bond acceptors (Lipinski definition) is 4. The topological polar surface area (TPSA) is 52.7 Å². The van der Waals surface area contributed by atoms with Crippen molar-refractivity contribution in [3.63, 3.8) is 0 Å². The Labute approximate surface area is 119 Å². The summed E-state index contributed by atoms with van der Waals surface area (Å²) in [5, 5.41) is 3.06. The molecule has 2 saturated heterocycles. The Kier molecular flexibility index (Phi) is 5.10. The molecule has 108 valence electrons. The Hall–Kier alpha value is -0.750. The van der Waals surface area contributed by atoms with Crippen LogP contribution >= 0.6 is 11.8 Å². The van der Waals surface area contributed by atoms with Crippen molar-refractivity contribution < 1.29 is 9.59 Å². The van der Waals surface area contributed by atoms with Crippen LogP contribution in [-0.4, -0.2) is 65.0 Å². The number of piperidine rings is 1. The van der Waals surface area contributed by atoms with E-state index in [1.54, 1.807) is 16.7 Å². The molecule has 0 spiro atoms. The van der Waals surface area contributed by atoms with Gasteiger partial charge in [0.05, 0.1) is 11.6 Å². The second-order valence-electron chi connectivity index (χ2n) is 5.54. The molecule has 6 heteroatoms. The van der Waals surface area contributed by atoms with Gasteiger partial charge in [-0.3, -0.25) is 9.59 Å². The summed E-state index contributed by atoms with van der Waals surface area (Å²) < 4.78 is 0. The highest BCUT2D eigenvalue weighted by atomic mass is 32.2. The number of carbonyl (C=O) groups excluding carboxylic acids is 2. The SMILES string of the molecule is CC(C)N1CCC(NC(=O)CN2CSCC2=O)CC1.